The van der Waals surface area contributed by atoms with Crippen LogP contribution in [0.5, 0.6) is 0 Å². The number of rotatable bonds is 5. The molecule has 0 radical (unpaired) electrons. The first-order chi connectivity index (χ1) is 8.47. The topological polar surface area (TPSA) is 66.8 Å². The lowest BCUT2D eigenvalue weighted by molar-refractivity contribution is -0.136. The van der Waals surface area contributed by atoms with Gasteiger partial charge in [-0.2, -0.15) is 0 Å². The number of hydrogen-bond acceptors (Lipinski definition) is 4. The van der Waals surface area contributed by atoms with Gasteiger partial charge in [0.05, 0.1) is 0 Å². The van der Waals surface area contributed by atoms with Crippen LogP contribution in [0.15, 0.2) is 48.6 Å². The van der Waals surface area contributed by atoms with Crippen molar-refractivity contribution in [1.29, 1.82) is 0 Å². The molecule has 0 heterocycles. The van der Waals surface area contributed by atoms with Crippen molar-refractivity contribution >= 4 is 13.1 Å². The fourth-order valence-electron chi connectivity index (χ4n) is 0.799. The minimum absolute atomic E-state index is 0.277. The van der Waals surface area contributed by atoms with Crippen LogP contribution in [0, 0.1) is 0 Å². The molecule has 100 valence electrons. The summed E-state index contributed by atoms with van der Waals surface area (Å²) in [7, 11) is -1.17. The summed E-state index contributed by atoms with van der Waals surface area (Å²) in [5.41, 5.74) is 0.945. The van der Waals surface area contributed by atoms with E-state index in [4.69, 9.17) is 14.8 Å². The molecule has 0 aliphatic heterocycles. The maximum Gasteiger partial charge on any atom is 0.448 e. The van der Waals surface area contributed by atoms with E-state index < -0.39 is 13.1 Å². The third kappa shape index (κ3) is 16.8. The SMILES string of the molecule is C=CC(=O)OCC(/C=C\C)=C/C=C\C.CB(O)O. The molecule has 0 aliphatic carbocycles. The van der Waals surface area contributed by atoms with Crippen LogP contribution in [-0.4, -0.2) is 29.7 Å². The Morgan fingerprint density at radius 2 is 1.89 bits per heavy atom. The zero-order valence-corrected chi connectivity index (χ0v) is 11.2. The lowest BCUT2D eigenvalue weighted by Gasteiger charge is -2.01. The second-order valence-electron chi connectivity index (χ2n) is 3.21. The normalized spacial score (nSPS) is 11.1. The largest absolute Gasteiger partial charge is 0.458 e. The molecule has 0 bridgehead atoms. The summed E-state index contributed by atoms with van der Waals surface area (Å²) in [4.78, 5) is 10.8. The van der Waals surface area contributed by atoms with Gasteiger partial charge in [0.25, 0.3) is 0 Å². The summed E-state index contributed by atoms with van der Waals surface area (Å²) in [5, 5.41) is 15.2. The second-order valence-corrected chi connectivity index (χ2v) is 3.21. The molecule has 0 saturated carbocycles. The minimum Gasteiger partial charge on any atom is -0.458 e. The van der Waals surface area contributed by atoms with Gasteiger partial charge in [0.1, 0.15) is 6.61 Å². The first-order valence-corrected chi connectivity index (χ1v) is 5.57. The van der Waals surface area contributed by atoms with E-state index in [1.54, 1.807) is 0 Å². The van der Waals surface area contributed by atoms with Gasteiger partial charge in [-0.3, -0.25) is 0 Å². The Morgan fingerprint density at radius 3 is 2.28 bits per heavy atom. The molecule has 5 heteroatoms. The highest BCUT2D eigenvalue weighted by Gasteiger charge is 1.96. The molecule has 18 heavy (non-hydrogen) atoms. The Balaban J connectivity index is 0. The van der Waals surface area contributed by atoms with Gasteiger partial charge in [-0.1, -0.05) is 37.0 Å². The minimum atomic E-state index is -1.17. The molecule has 0 aromatic carbocycles. The van der Waals surface area contributed by atoms with E-state index in [0.717, 1.165) is 11.6 Å². The predicted octanol–water partition coefficient (Wildman–Crippen LogP) is 1.88. The predicted molar refractivity (Wildman–Crippen MR) is 74.9 cm³/mol. The van der Waals surface area contributed by atoms with Gasteiger partial charge in [0, 0.05) is 6.08 Å². The molecule has 0 aromatic heterocycles. The summed E-state index contributed by atoms with van der Waals surface area (Å²) in [5.74, 6) is -0.402. The van der Waals surface area contributed by atoms with Gasteiger partial charge >= 0.3 is 13.1 Å². The molecule has 0 fully saturated rings. The molecular weight excluding hydrogens is 231 g/mol. The first kappa shape index (κ1) is 18.8. The molecule has 0 unspecified atom stereocenters. The average molecular weight is 252 g/mol. The fraction of sp³-hybridized carbons (Fsp3) is 0.308. The van der Waals surface area contributed by atoms with Gasteiger partial charge < -0.3 is 14.8 Å². The van der Waals surface area contributed by atoms with Crippen LogP contribution in [0.3, 0.4) is 0 Å². The van der Waals surface area contributed by atoms with Crippen LogP contribution in [0.1, 0.15) is 13.8 Å². The van der Waals surface area contributed by atoms with Gasteiger partial charge in [-0.05, 0) is 26.2 Å². The highest BCUT2D eigenvalue weighted by Crippen LogP contribution is 1.99. The van der Waals surface area contributed by atoms with Crippen molar-refractivity contribution in [2.75, 3.05) is 6.61 Å². The Bertz CT molecular complexity index is 314. The monoisotopic (exact) mass is 252 g/mol. The third-order valence-corrected chi connectivity index (χ3v) is 1.43. The number of hydrogen-bond donors (Lipinski definition) is 2. The average Bonchev–Trinajstić information content (AvgIpc) is 2.31. The molecule has 0 rings (SSSR count). The standard InChI is InChI=1S/C12H16O2.CH5BO2/c1-4-7-9-11(8-5-2)10-14-12(13)6-3;1-2(3)4/h4-9H,3,10H2,1-2H3;3-4H,1H3/b7-4-,8-5-,11-9+;. The number of carbonyl (C=O) groups is 1. The van der Waals surface area contributed by atoms with E-state index in [2.05, 4.69) is 6.58 Å². The van der Waals surface area contributed by atoms with Crippen molar-refractivity contribution < 1.29 is 19.6 Å². The van der Waals surface area contributed by atoms with Gasteiger partial charge in [0.2, 0.25) is 0 Å². The Kier molecular flexibility index (Phi) is 14.1. The van der Waals surface area contributed by atoms with Gasteiger partial charge in [-0.15, -0.1) is 0 Å². The molecule has 0 atom stereocenters. The van der Waals surface area contributed by atoms with E-state index in [0.29, 0.717) is 0 Å². The van der Waals surface area contributed by atoms with Crippen molar-refractivity contribution in [3.8, 4) is 0 Å². The number of ether oxygens (including phenoxy) is 1. The molecule has 4 nitrogen and oxygen atoms in total. The Morgan fingerprint density at radius 1 is 1.33 bits per heavy atom. The van der Waals surface area contributed by atoms with Crippen LogP contribution < -0.4 is 0 Å². The number of allylic oxidation sites excluding steroid dienone is 4. The van der Waals surface area contributed by atoms with Crippen molar-refractivity contribution in [3.63, 3.8) is 0 Å². The molecule has 0 amide bonds. The van der Waals surface area contributed by atoms with Crippen LogP contribution in [0.2, 0.25) is 6.82 Å². The van der Waals surface area contributed by atoms with Crippen molar-refractivity contribution in [1.82, 2.24) is 0 Å². The molecule has 0 aliphatic rings. The molecule has 0 aromatic rings. The first-order valence-electron chi connectivity index (χ1n) is 5.57. The van der Waals surface area contributed by atoms with Crippen LogP contribution in [0.25, 0.3) is 0 Å². The fourth-order valence-corrected chi connectivity index (χ4v) is 0.799. The van der Waals surface area contributed by atoms with Crippen molar-refractivity contribution in [3.05, 3.63) is 48.6 Å². The van der Waals surface area contributed by atoms with E-state index in [1.165, 1.54) is 6.82 Å². The van der Waals surface area contributed by atoms with E-state index in [9.17, 15) is 4.79 Å². The summed E-state index contributed by atoms with van der Waals surface area (Å²) in [6.45, 7) is 8.72. The van der Waals surface area contributed by atoms with Crippen molar-refractivity contribution in [2.45, 2.75) is 20.7 Å². The van der Waals surface area contributed by atoms with Gasteiger partial charge in [-0.25, -0.2) is 4.79 Å². The molecule has 2 N–H and O–H groups in total. The van der Waals surface area contributed by atoms with Crippen LogP contribution >= 0.6 is 0 Å². The summed E-state index contributed by atoms with van der Waals surface area (Å²) >= 11 is 0. The maximum atomic E-state index is 10.8. The Labute approximate surface area is 109 Å². The smallest absolute Gasteiger partial charge is 0.448 e. The third-order valence-electron chi connectivity index (χ3n) is 1.43. The lowest BCUT2D eigenvalue weighted by Crippen LogP contribution is -2.02. The quantitative estimate of drug-likeness (QED) is 0.339. The van der Waals surface area contributed by atoms with Crippen LogP contribution in [-0.2, 0) is 9.53 Å². The van der Waals surface area contributed by atoms with E-state index >= 15 is 0 Å². The molecule has 0 spiro atoms. The lowest BCUT2D eigenvalue weighted by atomic mass is 9.99. The van der Waals surface area contributed by atoms with E-state index in [-0.39, 0.29) is 6.61 Å². The highest BCUT2D eigenvalue weighted by atomic mass is 16.5. The van der Waals surface area contributed by atoms with E-state index in [1.807, 2.05) is 44.2 Å². The molecular formula is C13H21BO4. The van der Waals surface area contributed by atoms with Crippen molar-refractivity contribution in [2.24, 2.45) is 0 Å². The van der Waals surface area contributed by atoms with Crippen LogP contribution in [0.4, 0.5) is 0 Å². The number of esters is 1. The maximum absolute atomic E-state index is 10.8. The Hall–Kier alpha value is -1.59. The summed E-state index contributed by atoms with van der Waals surface area (Å²) in [6, 6.07) is 0. The number of carbonyl (C=O) groups excluding carboxylic acids is 1. The highest BCUT2D eigenvalue weighted by molar-refractivity contribution is 6.38. The summed E-state index contributed by atoms with van der Waals surface area (Å²) < 4.78 is 4.89. The molecule has 0 saturated heterocycles. The van der Waals surface area contributed by atoms with Gasteiger partial charge in [0.15, 0.2) is 0 Å². The second kappa shape index (κ2) is 13.5. The zero-order valence-electron chi connectivity index (χ0n) is 11.2. The summed E-state index contributed by atoms with van der Waals surface area (Å²) in [6.07, 6.45) is 10.7. The zero-order chi connectivity index (χ0) is 14.4.